The lowest BCUT2D eigenvalue weighted by atomic mass is 9.72. The Labute approximate surface area is 114 Å². The van der Waals surface area contributed by atoms with Gasteiger partial charge in [-0.15, -0.1) is 0 Å². The van der Waals surface area contributed by atoms with E-state index in [1.165, 1.54) is 13.2 Å². The molecule has 0 bridgehead atoms. The molecule has 0 spiro atoms. The molecule has 0 aromatic heterocycles. The maximum absolute atomic E-state index is 13.6. The summed E-state index contributed by atoms with van der Waals surface area (Å²) in [5.74, 6) is 4.17. The molecule has 2 rings (SSSR count). The molecular weight excluding hydrogens is 276 g/mol. The summed E-state index contributed by atoms with van der Waals surface area (Å²) >= 11 is 0. The zero-order valence-electron chi connectivity index (χ0n) is 10.9. The molecule has 1 aliphatic carbocycles. The Morgan fingerprint density at radius 3 is 2.35 bits per heavy atom. The average molecular weight is 292 g/mol. The minimum Gasteiger partial charge on any atom is -0.376 e. The van der Waals surface area contributed by atoms with Crippen molar-refractivity contribution in [1.82, 2.24) is 5.43 Å². The van der Waals surface area contributed by atoms with Gasteiger partial charge in [0.05, 0.1) is 17.2 Å². The van der Waals surface area contributed by atoms with Crippen molar-refractivity contribution in [3.63, 3.8) is 0 Å². The van der Waals surface area contributed by atoms with E-state index < -0.39 is 29.2 Å². The number of nitrogens with one attached hydrogen (secondary N) is 1. The third-order valence-corrected chi connectivity index (χ3v) is 3.93. The second-order valence-corrected chi connectivity index (χ2v) is 4.96. The molecule has 1 aliphatic rings. The van der Waals surface area contributed by atoms with E-state index in [-0.39, 0.29) is 0 Å². The highest BCUT2D eigenvalue weighted by atomic mass is 19.4. The molecule has 1 unspecified atom stereocenters. The van der Waals surface area contributed by atoms with Crippen LogP contribution in [0, 0.1) is 5.82 Å². The molecule has 1 atom stereocenters. The van der Waals surface area contributed by atoms with E-state index in [0.29, 0.717) is 5.56 Å². The molecule has 20 heavy (non-hydrogen) atoms. The smallest absolute Gasteiger partial charge is 0.376 e. The SMILES string of the molecule is COC1(C(NN)c2ccc(C(F)(F)F)c(F)c2)CCC1. The number of hydrazine groups is 1. The summed E-state index contributed by atoms with van der Waals surface area (Å²) < 4.78 is 56.7. The van der Waals surface area contributed by atoms with Gasteiger partial charge in [0, 0.05) is 7.11 Å². The van der Waals surface area contributed by atoms with E-state index in [1.54, 1.807) is 0 Å². The number of nitrogens with two attached hydrogens (primary N) is 1. The third kappa shape index (κ3) is 2.53. The minimum absolute atomic E-state index is 0.347. The summed E-state index contributed by atoms with van der Waals surface area (Å²) in [5, 5.41) is 0. The molecule has 112 valence electrons. The molecule has 0 aliphatic heterocycles. The van der Waals surface area contributed by atoms with Crippen molar-refractivity contribution in [2.45, 2.75) is 37.1 Å². The topological polar surface area (TPSA) is 47.3 Å². The van der Waals surface area contributed by atoms with E-state index >= 15 is 0 Å². The van der Waals surface area contributed by atoms with Crippen LogP contribution in [-0.4, -0.2) is 12.7 Å². The summed E-state index contributed by atoms with van der Waals surface area (Å²) in [7, 11) is 1.52. The molecule has 0 radical (unpaired) electrons. The molecule has 0 amide bonds. The summed E-state index contributed by atoms with van der Waals surface area (Å²) in [6.45, 7) is 0. The van der Waals surface area contributed by atoms with Gasteiger partial charge in [-0.25, -0.2) is 4.39 Å². The summed E-state index contributed by atoms with van der Waals surface area (Å²) in [4.78, 5) is 0. The highest BCUT2D eigenvalue weighted by Crippen LogP contribution is 2.45. The van der Waals surface area contributed by atoms with E-state index in [4.69, 9.17) is 10.6 Å². The number of hydrogen-bond donors (Lipinski definition) is 2. The quantitative estimate of drug-likeness (QED) is 0.509. The lowest BCUT2D eigenvalue weighted by Gasteiger charge is -2.46. The standard InChI is InChI=1S/C13H16F4N2O/c1-20-12(5-2-6-12)11(19-18)8-3-4-9(10(14)7-8)13(15,16)17/h3-4,7,11,19H,2,5-6,18H2,1H3. The Morgan fingerprint density at radius 2 is 2.00 bits per heavy atom. The van der Waals surface area contributed by atoms with Gasteiger partial charge in [-0.1, -0.05) is 6.07 Å². The van der Waals surface area contributed by atoms with Crippen LogP contribution in [0.1, 0.15) is 36.4 Å². The van der Waals surface area contributed by atoms with Crippen LogP contribution in [0.3, 0.4) is 0 Å². The van der Waals surface area contributed by atoms with Crippen molar-refractivity contribution in [3.05, 3.63) is 35.1 Å². The Balaban J connectivity index is 2.35. The predicted octanol–water partition coefficient (Wildman–Crippen LogP) is 2.92. The maximum Gasteiger partial charge on any atom is 0.419 e. The Kier molecular flexibility index (Phi) is 4.04. The molecule has 1 aromatic rings. The van der Waals surface area contributed by atoms with Crippen LogP contribution >= 0.6 is 0 Å². The molecule has 3 N–H and O–H groups in total. The lowest BCUT2D eigenvalue weighted by molar-refractivity contribution is -0.140. The molecule has 0 heterocycles. The van der Waals surface area contributed by atoms with Crippen LogP contribution in [0.25, 0.3) is 0 Å². The van der Waals surface area contributed by atoms with Crippen molar-refractivity contribution in [2.75, 3.05) is 7.11 Å². The molecular formula is C13H16F4N2O. The monoisotopic (exact) mass is 292 g/mol. The fourth-order valence-electron chi connectivity index (χ4n) is 2.63. The van der Waals surface area contributed by atoms with Crippen LogP contribution in [0.5, 0.6) is 0 Å². The van der Waals surface area contributed by atoms with Crippen LogP contribution in [0.4, 0.5) is 17.6 Å². The summed E-state index contributed by atoms with van der Waals surface area (Å²) in [6, 6.07) is 2.29. The Hall–Kier alpha value is -1.18. The Bertz CT molecular complexity index is 480. The second kappa shape index (κ2) is 5.31. The van der Waals surface area contributed by atoms with Gasteiger partial charge in [-0.2, -0.15) is 13.2 Å². The fourth-order valence-corrected chi connectivity index (χ4v) is 2.63. The van der Waals surface area contributed by atoms with Crippen molar-refractivity contribution in [2.24, 2.45) is 5.84 Å². The molecule has 1 saturated carbocycles. The number of halogens is 4. The fraction of sp³-hybridized carbons (Fsp3) is 0.538. The zero-order valence-corrected chi connectivity index (χ0v) is 10.9. The van der Waals surface area contributed by atoms with Crippen LogP contribution in [0.15, 0.2) is 18.2 Å². The van der Waals surface area contributed by atoms with E-state index in [2.05, 4.69) is 5.43 Å². The number of methoxy groups -OCH3 is 1. The van der Waals surface area contributed by atoms with Gasteiger partial charge in [0.2, 0.25) is 0 Å². The molecule has 1 fully saturated rings. The summed E-state index contributed by atoms with van der Waals surface area (Å²) in [6.07, 6.45) is -2.32. The van der Waals surface area contributed by atoms with Gasteiger partial charge in [0.25, 0.3) is 0 Å². The van der Waals surface area contributed by atoms with Crippen molar-refractivity contribution in [1.29, 1.82) is 0 Å². The van der Waals surface area contributed by atoms with E-state index in [9.17, 15) is 17.6 Å². The number of rotatable bonds is 4. The van der Waals surface area contributed by atoms with Gasteiger partial charge < -0.3 is 4.74 Å². The molecule has 0 saturated heterocycles. The molecule has 1 aromatic carbocycles. The van der Waals surface area contributed by atoms with Crippen molar-refractivity contribution < 1.29 is 22.3 Å². The summed E-state index contributed by atoms with van der Waals surface area (Å²) in [5.41, 5.74) is 1.01. The lowest BCUT2D eigenvalue weighted by Crippen LogP contribution is -2.52. The van der Waals surface area contributed by atoms with E-state index in [1.807, 2.05) is 0 Å². The maximum atomic E-state index is 13.6. The first-order valence-electron chi connectivity index (χ1n) is 6.22. The second-order valence-electron chi connectivity index (χ2n) is 4.96. The molecule has 7 heteroatoms. The van der Waals surface area contributed by atoms with Gasteiger partial charge in [0.1, 0.15) is 5.82 Å². The van der Waals surface area contributed by atoms with Gasteiger partial charge in [-0.05, 0) is 37.0 Å². The first kappa shape index (κ1) is 15.2. The van der Waals surface area contributed by atoms with Gasteiger partial charge in [-0.3, -0.25) is 11.3 Å². The van der Waals surface area contributed by atoms with Crippen molar-refractivity contribution >= 4 is 0 Å². The van der Waals surface area contributed by atoms with Crippen LogP contribution < -0.4 is 11.3 Å². The van der Waals surface area contributed by atoms with Crippen LogP contribution in [0.2, 0.25) is 0 Å². The van der Waals surface area contributed by atoms with Crippen molar-refractivity contribution in [3.8, 4) is 0 Å². The normalized spacial score (nSPS) is 19.5. The Morgan fingerprint density at radius 1 is 1.35 bits per heavy atom. The molecule has 3 nitrogen and oxygen atoms in total. The van der Waals surface area contributed by atoms with Gasteiger partial charge in [0.15, 0.2) is 0 Å². The predicted molar refractivity (Wildman–Crippen MR) is 65.1 cm³/mol. The third-order valence-electron chi connectivity index (χ3n) is 3.93. The largest absolute Gasteiger partial charge is 0.419 e. The van der Waals surface area contributed by atoms with E-state index in [0.717, 1.165) is 31.4 Å². The number of hydrogen-bond acceptors (Lipinski definition) is 3. The first-order chi connectivity index (χ1) is 9.34. The van der Waals surface area contributed by atoms with Crippen LogP contribution in [-0.2, 0) is 10.9 Å². The average Bonchev–Trinajstić information content (AvgIpc) is 2.31. The zero-order chi connectivity index (χ0) is 15.0. The number of ether oxygens (including phenoxy) is 1. The number of benzene rings is 1. The highest BCUT2D eigenvalue weighted by molar-refractivity contribution is 5.30. The highest BCUT2D eigenvalue weighted by Gasteiger charge is 2.45. The number of alkyl halides is 3. The minimum atomic E-state index is -4.70. The first-order valence-corrected chi connectivity index (χ1v) is 6.22. The van der Waals surface area contributed by atoms with Gasteiger partial charge >= 0.3 is 6.18 Å².